The maximum Gasteiger partial charge on any atom is 0.266 e. The first kappa shape index (κ1) is 30.7. The maximum absolute atomic E-state index is 12.4. The van der Waals surface area contributed by atoms with Crippen molar-refractivity contribution in [2.24, 2.45) is 46.3 Å². The smallest absolute Gasteiger partial charge is 0.266 e. The molecule has 0 aromatic carbocycles. The molecule has 11 atom stereocenters. The van der Waals surface area contributed by atoms with Crippen LogP contribution in [0.5, 0.6) is 0 Å². The van der Waals surface area contributed by atoms with Crippen molar-refractivity contribution >= 4 is 21.9 Å². The highest BCUT2D eigenvalue weighted by Gasteiger charge is 2.65. The molecule has 0 heterocycles. The van der Waals surface area contributed by atoms with E-state index in [1.165, 1.54) is 0 Å². The highest BCUT2D eigenvalue weighted by Crippen LogP contribution is 2.68. The lowest BCUT2D eigenvalue weighted by molar-refractivity contribution is -0.207. The number of rotatable bonds is 9. The molecule has 11 heteroatoms. The molecule has 4 saturated carbocycles. The Morgan fingerprint density at radius 2 is 1.69 bits per heavy atom. The molecule has 4 rings (SSSR count). The number of carbonyl (C=O) groups excluding carboxylic acids is 2. The monoisotopic (exact) mass is 572 g/mol. The number of nitrogens with one attached hydrogen (secondary N) is 2. The first-order valence-corrected chi connectivity index (χ1v) is 16.3. The van der Waals surface area contributed by atoms with Gasteiger partial charge in [-0.25, -0.2) is 0 Å². The lowest BCUT2D eigenvalue weighted by Gasteiger charge is -2.63. The molecule has 0 aromatic heterocycles. The van der Waals surface area contributed by atoms with E-state index in [-0.39, 0.29) is 77.9 Å². The summed E-state index contributed by atoms with van der Waals surface area (Å²) in [5, 5.41) is 38.3. The second kappa shape index (κ2) is 11.5. The number of carbonyl (C=O) groups is 2. The number of aliphatic hydroxyl groups excluding tert-OH is 3. The van der Waals surface area contributed by atoms with E-state index in [0.717, 1.165) is 38.5 Å². The SMILES string of the molecule is CC(CCC(=O)NCC(=O)NCCS(=O)(=O)O)C1CC[C@H]2[C@@H]3C(O)C[C@@H]4CC(O)CC[C@]4(C)[C@@H]3CC(O)[C@]12C. The Hall–Kier alpha value is -1.27. The zero-order chi connectivity index (χ0) is 28.8. The Kier molecular flexibility index (Phi) is 9.08. The zero-order valence-electron chi connectivity index (χ0n) is 23.5. The molecule has 6 N–H and O–H groups in total. The third-order valence-electron chi connectivity index (χ3n) is 11.5. The summed E-state index contributed by atoms with van der Waals surface area (Å²) >= 11 is 0. The molecule has 0 spiro atoms. The van der Waals surface area contributed by atoms with Crippen LogP contribution in [0.15, 0.2) is 0 Å². The van der Waals surface area contributed by atoms with Crippen molar-refractivity contribution in [2.45, 2.75) is 96.9 Å². The molecule has 4 aliphatic rings. The first-order valence-electron chi connectivity index (χ1n) is 14.7. The van der Waals surface area contributed by atoms with E-state index in [4.69, 9.17) is 4.55 Å². The average molecular weight is 573 g/mol. The van der Waals surface area contributed by atoms with E-state index in [2.05, 4.69) is 31.4 Å². The van der Waals surface area contributed by atoms with Crippen molar-refractivity contribution in [3.05, 3.63) is 0 Å². The van der Waals surface area contributed by atoms with Crippen molar-refractivity contribution in [1.29, 1.82) is 0 Å². The second-order valence-corrected chi connectivity index (χ2v) is 15.0. The fourth-order valence-corrected chi connectivity index (χ4v) is 9.70. The van der Waals surface area contributed by atoms with Gasteiger partial charge in [0.1, 0.15) is 0 Å². The zero-order valence-corrected chi connectivity index (χ0v) is 24.3. The molecule has 5 unspecified atom stereocenters. The van der Waals surface area contributed by atoms with Gasteiger partial charge in [-0.2, -0.15) is 8.42 Å². The molecule has 0 aliphatic heterocycles. The van der Waals surface area contributed by atoms with Gasteiger partial charge >= 0.3 is 0 Å². The molecule has 0 aromatic rings. The van der Waals surface area contributed by atoms with Gasteiger partial charge in [-0.1, -0.05) is 20.8 Å². The quantitative estimate of drug-likeness (QED) is 0.225. The standard InChI is InChI=1S/C28H48N2O8S/c1-16(4-7-24(34)30-15-25(35)29-10-11-39(36,37)38)19-5-6-20-26-21(14-23(33)28(19,20)3)27(2)9-8-18(31)12-17(27)13-22(26)32/h16-23,26,31-33H,4-15H2,1-3H3,(H,29,35)(H,30,34)(H,36,37,38)/t16?,17-,18?,19?,20-,21+,22?,23?,26-,27-,28+/m0/s1. The topological polar surface area (TPSA) is 173 Å². The molecule has 10 nitrogen and oxygen atoms in total. The van der Waals surface area contributed by atoms with Gasteiger partial charge < -0.3 is 26.0 Å². The van der Waals surface area contributed by atoms with Gasteiger partial charge in [0.05, 0.1) is 30.6 Å². The Morgan fingerprint density at radius 3 is 2.38 bits per heavy atom. The molecule has 0 saturated heterocycles. The minimum Gasteiger partial charge on any atom is -0.393 e. The van der Waals surface area contributed by atoms with E-state index < -0.39 is 34.0 Å². The Labute approximate surface area is 232 Å². The Balaban J connectivity index is 1.33. The lowest BCUT2D eigenvalue weighted by atomic mass is 9.43. The fraction of sp³-hybridized carbons (Fsp3) is 0.929. The van der Waals surface area contributed by atoms with Crippen LogP contribution in [0, 0.1) is 46.3 Å². The van der Waals surface area contributed by atoms with Crippen LogP contribution in [0.4, 0.5) is 0 Å². The molecule has 0 bridgehead atoms. The van der Waals surface area contributed by atoms with E-state index in [1.54, 1.807) is 0 Å². The number of aliphatic hydroxyl groups is 3. The van der Waals surface area contributed by atoms with Crippen LogP contribution in [0.3, 0.4) is 0 Å². The van der Waals surface area contributed by atoms with Crippen molar-refractivity contribution in [3.63, 3.8) is 0 Å². The van der Waals surface area contributed by atoms with Crippen LogP contribution >= 0.6 is 0 Å². The van der Waals surface area contributed by atoms with Crippen LogP contribution in [0.2, 0.25) is 0 Å². The van der Waals surface area contributed by atoms with Crippen molar-refractivity contribution < 1.29 is 37.9 Å². The van der Waals surface area contributed by atoms with Crippen molar-refractivity contribution in [1.82, 2.24) is 10.6 Å². The molecular formula is C28H48N2O8S. The predicted octanol–water partition coefficient (Wildman–Crippen LogP) is 1.48. The first-order chi connectivity index (χ1) is 18.2. The number of hydrogen-bond donors (Lipinski definition) is 6. The van der Waals surface area contributed by atoms with E-state index in [0.29, 0.717) is 12.8 Å². The summed E-state index contributed by atoms with van der Waals surface area (Å²) in [6, 6.07) is 0. The summed E-state index contributed by atoms with van der Waals surface area (Å²) in [6.07, 6.45) is 5.44. The molecule has 39 heavy (non-hydrogen) atoms. The predicted molar refractivity (Wildman–Crippen MR) is 145 cm³/mol. The third kappa shape index (κ3) is 6.17. The fourth-order valence-electron chi connectivity index (χ4n) is 9.34. The minimum atomic E-state index is -4.16. The number of amides is 2. The van der Waals surface area contributed by atoms with Crippen molar-refractivity contribution in [2.75, 3.05) is 18.8 Å². The largest absolute Gasteiger partial charge is 0.393 e. The van der Waals surface area contributed by atoms with E-state index >= 15 is 0 Å². The summed E-state index contributed by atoms with van der Waals surface area (Å²) in [6.45, 7) is 6.15. The van der Waals surface area contributed by atoms with Gasteiger partial charge in [-0.15, -0.1) is 0 Å². The summed E-state index contributed by atoms with van der Waals surface area (Å²) in [4.78, 5) is 24.2. The molecular weight excluding hydrogens is 524 g/mol. The van der Waals surface area contributed by atoms with Gasteiger partial charge in [0.2, 0.25) is 11.8 Å². The highest BCUT2D eigenvalue weighted by molar-refractivity contribution is 7.85. The third-order valence-corrected chi connectivity index (χ3v) is 12.2. The number of hydrogen-bond acceptors (Lipinski definition) is 7. The van der Waals surface area contributed by atoms with Crippen molar-refractivity contribution in [3.8, 4) is 0 Å². The van der Waals surface area contributed by atoms with Crippen LogP contribution in [0.25, 0.3) is 0 Å². The van der Waals surface area contributed by atoms with Crippen LogP contribution in [-0.2, 0) is 19.7 Å². The minimum absolute atomic E-state index is 0.0336. The Bertz CT molecular complexity index is 1020. The van der Waals surface area contributed by atoms with E-state index in [9.17, 15) is 33.3 Å². The molecule has 0 radical (unpaired) electrons. The van der Waals surface area contributed by atoms with E-state index in [1.807, 2.05) is 0 Å². The van der Waals surface area contributed by atoms with Crippen LogP contribution in [-0.4, -0.2) is 77.3 Å². The van der Waals surface area contributed by atoms with Crippen LogP contribution < -0.4 is 10.6 Å². The highest BCUT2D eigenvalue weighted by atomic mass is 32.2. The summed E-state index contributed by atoms with van der Waals surface area (Å²) in [7, 11) is -4.16. The summed E-state index contributed by atoms with van der Waals surface area (Å²) < 4.78 is 30.2. The normalized spacial score (nSPS) is 42.5. The summed E-state index contributed by atoms with van der Waals surface area (Å²) in [5.41, 5.74) is -0.297. The Morgan fingerprint density at radius 1 is 0.974 bits per heavy atom. The average Bonchev–Trinajstić information content (AvgIpc) is 3.20. The summed E-state index contributed by atoms with van der Waals surface area (Å²) in [5.74, 6) is -0.0801. The lowest BCUT2D eigenvalue weighted by Crippen LogP contribution is -2.62. The van der Waals surface area contributed by atoms with Gasteiger partial charge in [-0.05, 0) is 97.7 Å². The van der Waals surface area contributed by atoms with Gasteiger partial charge in [0.25, 0.3) is 10.1 Å². The van der Waals surface area contributed by atoms with Gasteiger partial charge in [0, 0.05) is 13.0 Å². The van der Waals surface area contributed by atoms with Gasteiger partial charge in [0.15, 0.2) is 0 Å². The van der Waals surface area contributed by atoms with Gasteiger partial charge in [-0.3, -0.25) is 14.1 Å². The molecule has 4 aliphatic carbocycles. The number of fused-ring (bicyclic) bond motifs is 5. The molecule has 224 valence electrons. The second-order valence-electron chi connectivity index (χ2n) is 13.5. The molecule has 4 fully saturated rings. The van der Waals surface area contributed by atoms with Crippen LogP contribution in [0.1, 0.15) is 78.6 Å². The molecule has 2 amide bonds. The maximum atomic E-state index is 12.4.